The van der Waals surface area contributed by atoms with Crippen LogP contribution in [0.15, 0.2) is 60.7 Å². The molecule has 1 aliphatic heterocycles. The fourth-order valence-corrected chi connectivity index (χ4v) is 5.33. The van der Waals surface area contributed by atoms with E-state index in [1.54, 1.807) is 11.3 Å². The minimum absolute atomic E-state index is 0.125. The number of aliphatic carboxylic acids is 1. The molecule has 1 saturated heterocycles. The number of carboxylic acids is 1. The van der Waals surface area contributed by atoms with E-state index in [9.17, 15) is 9.90 Å². The van der Waals surface area contributed by atoms with Gasteiger partial charge in [0, 0.05) is 16.3 Å². The maximum atomic E-state index is 11.9. The van der Waals surface area contributed by atoms with Crippen LogP contribution in [0.1, 0.15) is 46.7 Å². The predicted octanol–water partition coefficient (Wildman–Crippen LogP) is 5.67. The van der Waals surface area contributed by atoms with Crippen molar-refractivity contribution >= 4 is 17.3 Å². The molecule has 0 radical (unpaired) electrons. The van der Waals surface area contributed by atoms with E-state index < -0.39 is 12.0 Å². The van der Waals surface area contributed by atoms with Gasteiger partial charge in [0.1, 0.15) is 12.6 Å². The molecule has 2 atom stereocenters. The number of thiophene rings is 1. The summed E-state index contributed by atoms with van der Waals surface area (Å²) in [5.74, 6) is 0.621. The molecule has 168 valence electrons. The van der Waals surface area contributed by atoms with Crippen molar-refractivity contribution in [2.45, 2.75) is 45.4 Å². The van der Waals surface area contributed by atoms with Crippen molar-refractivity contribution in [2.75, 3.05) is 13.2 Å². The van der Waals surface area contributed by atoms with Crippen molar-refractivity contribution < 1.29 is 19.4 Å². The first-order chi connectivity index (χ1) is 15.6. The van der Waals surface area contributed by atoms with Crippen LogP contribution in [-0.4, -0.2) is 35.2 Å². The van der Waals surface area contributed by atoms with Gasteiger partial charge in [0.15, 0.2) is 11.5 Å². The lowest BCUT2D eigenvalue weighted by Crippen LogP contribution is -2.39. The van der Waals surface area contributed by atoms with Crippen LogP contribution in [0.25, 0.3) is 0 Å². The highest BCUT2D eigenvalue weighted by Crippen LogP contribution is 2.41. The number of hydrogen-bond donors (Lipinski definition) is 1. The summed E-state index contributed by atoms with van der Waals surface area (Å²) in [6, 6.07) is 19.6. The molecule has 2 aromatic carbocycles. The highest BCUT2D eigenvalue weighted by molar-refractivity contribution is 7.12. The van der Waals surface area contributed by atoms with E-state index in [1.807, 2.05) is 55.5 Å². The Morgan fingerprint density at radius 2 is 1.94 bits per heavy atom. The second-order valence-electron chi connectivity index (χ2n) is 8.00. The van der Waals surface area contributed by atoms with Crippen molar-refractivity contribution in [2.24, 2.45) is 0 Å². The van der Waals surface area contributed by atoms with Crippen LogP contribution in [0.4, 0.5) is 0 Å². The van der Waals surface area contributed by atoms with Gasteiger partial charge in [0.05, 0.1) is 12.6 Å². The standard InChI is InChI=1S/C26H29NO4S/c1-3-30-23-16-20(12-13-22(23)31-17-19-8-5-4-6-9-19)25(24-14-11-18(2)32-24)27-15-7-10-21(27)26(28)29/h4-6,8-9,11-14,16,21,25H,3,7,10,15,17H2,1-2H3,(H,28,29). The van der Waals surface area contributed by atoms with E-state index in [1.165, 1.54) is 4.88 Å². The number of nitrogens with zero attached hydrogens (tertiary/aromatic N) is 1. The number of aryl methyl sites for hydroxylation is 1. The summed E-state index contributed by atoms with van der Waals surface area (Å²) in [5, 5.41) is 9.81. The van der Waals surface area contributed by atoms with E-state index in [0.717, 1.165) is 29.0 Å². The molecule has 5 nitrogen and oxygen atoms in total. The van der Waals surface area contributed by atoms with Crippen LogP contribution in [0, 0.1) is 6.92 Å². The lowest BCUT2D eigenvalue weighted by molar-refractivity contribution is -0.142. The Morgan fingerprint density at radius 1 is 1.12 bits per heavy atom. The summed E-state index contributed by atoms with van der Waals surface area (Å²) in [4.78, 5) is 16.4. The molecule has 2 heterocycles. The average molecular weight is 452 g/mol. The molecule has 1 fully saturated rings. The van der Waals surface area contributed by atoms with Gasteiger partial charge < -0.3 is 14.6 Å². The van der Waals surface area contributed by atoms with Gasteiger partial charge in [-0.1, -0.05) is 36.4 Å². The van der Waals surface area contributed by atoms with E-state index in [4.69, 9.17) is 9.47 Å². The molecule has 1 N–H and O–H groups in total. The Bertz CT molecular complexity index is 1050. The zero-order valence-corrected chi connectivity index (χ0v) is 19.3. The van der Waals surface area contributed by atoms with Gasteiger partial charge in [-0.3, -0.25) is 9.69 Å². The van der Waals surface area contributed by atoms with E-state index in [0.29, 0.717) is 31.1 Å². The van der Waals surface area contributed by atoms with Crippen molar-refractivity contribution in [1.82, 2.24) is 4.90 Å². The van der Waals surface area contributed by atoms with Crippen LogP contribution in [-0.2, 0) is 11.4 Å². The lowest BCUT2D eigenvalue weighted by atomic mass is 10.0. The molecule has 0 saturated carbocycles. The van der Waals surface area contributed by atoms with Gasteiger partial charge in [0.25, 0.3) is 0 Å². The van der Waals surface area contributed by atoms with Crippen molar-refractivity contribution in [3.8, 4) is 11.5 Å². The fraction of sp³-hybridized carbons (Fsp3) is 0.346. The summed E-state index contributed by atoms with van der Waals surface area (Å²) >= 11 is 1.72. The number of hydrogen-bond acceptors (Lipinski definition) is 5. The number of carbonyl (C=O) groups is 1. The molecule has 0 amide bonds. The van der Waals surface area contributed by atoms with Crippen LogP contribution >= 0.6 is 11.3 Å². The van der Waals surface area contributed by atoms with Crippen LogP contribution in [0.3, 0.4) is 0 Å². The van der Waals surface area contributed by atoms with Gasteiger partial charge >= 0.3 is 5.97 Å². The molecule has 4 rings (SSSR count). The summed E-state index contributed by atoms with van der Waals surface area (Å²) in [5.41, 5.74) is 2.11. The minimum atomic E-state index is -0.756. The van der Waals surface area contributed by atoms with Crippen LogP contribution in [0.2, 0.25) is 0 Å². The lowest BCUT2D eigenvalue weighted by Gasteiger charge is -2.31. The second-order valence-corrected chi connectivity index (χ2v) is 9.32. The van der Waals surface area contributed by atoms with Gasteiger partial charge in [-0.25, -0.2) is 0 Å². The molecule has 1 aliphatic rings. The van der Waals surface area contributed by atoms with Crippen LogP contribution < -0.4 is 9.47 Å². The Morgan fingerprint density at radius 3 is 2.62 bits per heavy atom. The Labute approximate surface area is 193 Å². The number of carboxylic acid groups (broad SMARTS) is 1. The monoisotopic (exact) mass is 451 g/mol. The maximum absolute atomic E-state index is 11.9. The van der Waals surface area contributed by atoms with E-state index in [-0.39, 0.29) is 6.04 Å². The topological polar surface area (TPSA) is 59.0 Å². The molecule has 1 aromatic heterocycles. The number of likely N-dealkylation sites (tertiary alicyclic amines) is 1. The molecule has 3 aromatic rings. The molecular formula is C26H29NO4S. The Hall–Kier alpha value is -2.83. The smallest absolute Gasteiger partial charge is 0.320 e. The van der Waals surface area contributed by atoms with Gasteiger partial charge in [-0.15, -0.1) is 11.3 Å². The second kappa shape index (κ2) is 10.2. The first-order valence-corrected chi connectivity index (χ1v) is 11.9. The Balaban J connectivity index is 1.67. The minimum Gasteiger partial charge on any atom is -0.490 e. The van der Waals surface area contributed by atoms with E-state index in [2.05, 4.69) is 24.0 Å². The zero-order chi connectivity index (χ0) is 22.5. The molecular weight excluding hydrogens is 422 g/mol. The molecule has 6 heteroatoms. The van der Waals surface area contributed by atoms with Crippen molar-refractivity contribution in [1.29, 1.82) is 0 Å². The number of benzene rings is 2. The Kier molecular flexibility index (Phi) is 7.12. The fourth-order valence-electron chi connectivity index (χ4n) is 4.30. The third-order valence-corrected chi connectivity index (χ3v) is 6.82. The predicted molar refractivity (Wildman–Crippen MR) is 127 cm³/mol. The summed E-state index contributed by atoms with van der Waals surface area (Å²) in [7, 11) is 0. The van der Waals surface area contributed by atoms with Gasteiger partial charge in [-0.05, 0) is 62.1 Å². The first-order valence-electron chi connectivity index (χ1n) is 11.0. The van der Waals surface area contributed by atoms with Crippen molar-refractivity contribution in [3.63, 3.8) is 0 Å². The number of ether oxygens (including phenoxy) is 2. The largest absolute Gasteiger partial charge is 0.490 e. The maximum Gasteiger partial charge on any atom is 0.320 e. The van der Waals surface area contributed by atoms with Crippen molar-refractivity contribution in [3.05, 3.63) is 81.5 Å². The number of rotatable bonds is 9. The first kappa shape index (κ1) is 22.4. The normalized spacial score (nSPS) is 17.2. The zero-order valence-electron chi connectivity index (χ0n) is 18.5. The molecule has 0 spiro atoms. The van der Waals surface area contributed by atoms with Crippen LogP contribution in [0.5, 0.6) is 11.5 Å². The average Bonchev–Trinajstić information content (AvgIpc) is 3.44. The van der Waals surface area contributed by atoms with Gasteiger partial charge in [-0.2, -0.15) is 0 Å². The summed E-state index contributed by atoms with van der Waals surface area (Å²) < 4.78 is 12.0. The summed E-state index contributed by atoms with van der Waals surface area (Å²) in [6.45, 7) is 5.77. The third-order valence-electron chi connectivity index (χ3n) is 5.76. The quantitative estimate of drug-likeness (QED) is 0.454. The third kappa shape index (κ3) is 4.97. The molecule has 0 bridgehead atoms. The molecule has 2 unspecified atom stereocenters. The SMILES string of the molecule is CCOc1cc(C(c2ccc(C)s2)N2CCCC2C(=O)O)ccc1OCc1ccccc1. The summed E-state index contributed by atoms with van der Waals surface area (Å²) in [6.07, 6.45) is 1.56. The van der Waals surface area contributed by atoms with E-state index >= 15 is 0 Å². The van der Waals surface area contributed by atoms with Gasteiger partial charge in [0.2, 0.25) is 0 Å². The molecule has 0 aliphatic carbocycles. The highest BCUT2D eigenvalue weighted by Gasteiger charge is 2.37. The molecule has 32 heavy (non-hydrogen) atoms. The highest BCUT2D eigenvalue weighted by atomic mass is 32.1.